The molecule has 0 bridgehead atoms. The number of nitrogens with two attached hydrogens (primary N) is 1. The molecule has 2 rings (SSSR count). The number of hydrogen-bond donors (Lipinski definition) is 2. The van der Waals surface area contributed by atoms with Gasteiger partial charge in [0, 0.05) is 6.20 Å². The summed E-state index contributed by atoms with van der Waals surface area (Å²) in [5.74, 6) is -0.921. The zero-order chi connectivity index (χ0) is 10.8. The lowest BCUT2D eigenvalue weighted by atomic mass is 10.4. The first-order chi connectivity index (χ1) is 7.18. The highest BCUT2D eigenvalue weighted by Crippen LogP contribution is 2.24. The van der Waals surface area contributed by atoms with Crippen molar-refractivity contribution in [1.82, 2.24) is 9.61 Å². The predicted molar refractivity (Wildman–Crippen MR) is 52.7 cm³/mol. The summed E-state index contributed by atoms with van der Waals surface area (Å²) in [5.41, 5.74) is 6.76. The number of ether oxygens (including phenoxy) is 1. The van der Waals surface area contributed by atoms with Crippen molar-refractivity contribution in [3.63, 3.8) is 0 Å². The van der Waals surface area contributed by atoms with Crippen LogP contribution in [0.4, 0.5) is 5.69 Å². The first-order valence-corrected chi connectivity index (χ1v) is 4.26. The van der Waals surface area contributed by atoms with E-state index in [0.717, 1.165) is 0 Å². The fraction of sp³-hybridized carbons (Fsp3) is 0.111. The summed E-state index contributed by atoms with van der Waals surface area (Å²) in [6.07, 6.45) is 1.71. The van der Waals surface area contributed by atoms with E-state index in [0.29, 0.717) is 11.2 Å². The molecule has 0 saturated carbocycles. The van der Waals surface area contributed by atoms with E-state index in [2.05, 4.69) is 5.10 Å². The van der Waals surface area contributed by atoms with Gasteiger partial charge in [0.2, 0.25) is 0 Å². The summed E-state index contributed by atoms with van der Waals surface area (Å²) in [5, 5.41) is 12.4. The van der Waals surface area contributed by atoms with Crippen molar-refractivity contribution in [2.24, 2.45) is 0 Å². The van der Waals surface area contributed by atoms with E-state index in [1.165, 1.54) is 4.52 Å². The number of rotatable bonds is 3. The van der Waals surface area contributed by atoms with Crippen LogP contribution in [0.15, 0.2) is 24.4 Å². The number of carboxylic acid groups (broad SMARTS) is 1. The minimum atomic E-state index is -1.06. The third-order valence-corrected chi connectivity index (χ3v) is 1.88. The van der Waals surface area contributed by atoms with Crippen LogP contribution in [0.25, 0.3) is 5.52 Å². The molecular formula is C9H9N3O3. The molecule has 0 unspecified atom stereocenters. The Kier molecular flexibility index (Phi) is 2.17. The Morgan fingerprint density at radius 3 is 3.07 bits per heavy atom. The molecule has 2 heterocycles. The van der Waals surface area contributed by atoms with Crippen LogP contribution in [0.2, 0.25) is 0 Å². The van der Waals surface area contributed by atoms with Gasteiger partial charge in [-0.05, 0) is 12.1 Å². The van der Waals surface area contributed by atoms with Crippen LogP contribution in [0.3, 0.4) is 0 Å². The molecule has 2 aromatic rings. The Labute approximate surface area is 84.9 Å². The Bertz CT molecular complexity index is 506. The van der Waals surface area contributed by atoms with Crippen molar-refractivity contribution >= 4 is 17.2 Å². The Morgan fingerprint density at radius 1 is 1.60 bits per heavy atom. The zero-order valence-corrected chi connectivity index (χ0v) is 7.75. The van der Waals surface area contributed by atoms with Gasteiger partial charge in [-0.1, -0.05) is 6.07 Å². The molecule has 0 aliphatic carbocycles. The van der Waals surface area contributed by atoms with Gasteiger partial charge in [0.25, 0.3) is 5.88 Å². The lowest BCUT2D eigenvalue weighted by molar-refractivity contribution is -0.139. The first kappa shape index (κ1) is 9.32. The summed E-state index contributed by atoms with van der Waals surface area (Å²) in [4.78, 5) is 10.3. The van der Waals surface area contributed by atoms with E-state index in [4.69, 9.17) is 15.6 Å². The van der Waals surface area contributed by atoms with Gasteiger partial charge in [0.1, 0.15) is 5.69 Å². The Balaban J connectivity index is 2.36. The lowest BCUT2D eigenvalue weighted by Crippen LogP contribution is -2.10. The van der Waals surface area contributed by atoms with Crippen LogP contribution in [0, 0.1) is 0 Å². The van der Waals surface area contributed by atoms with E-state index in [-0.39, 0.29) is 5.88 Å². The molecule has 2 aromatic heterocycles. The van der Waals surface area contributed by atoms with Crippen LogP contribution in [-0.2, 0) is 4.79 Å². The maximum absolute atomic E-state index is 10.3. The van der Waals surface area contributed by atoms with Gasteiger partial charge in [-0.2, -0.15) is 0 Å². The number of fused-ring (bicyclic) bond motifs is 1. The van der Waals surface area contributed by atoms with Gasteiger partial charge in [-0.15, -0.1) is 5.10 Å². The highest BCUT2D eigenvalue weighted by molar-refractivity contribution is 5.75. The maximum Gasteiger partial charge on any atom is 0.341 e. The van der Waals surface area contributed by atoms with Gasteiger partial charge in [0.15, 0.2) is 6.61 Å². The molecule has 15 heavy (non-hydrogen) atoms. The SMILES string of the molecule is Nc1c(OCC(=O)O)nn2ccccc12. The number of pyridine rings is 1. The lowest BCUT2D eigenvalue weighted by Gasteiger charge is -1.97. The highest BCUT2D eigenvalue weighted by atomic mass is 16.5. The quantitative estimate of drug-likeness (QED) is 0.759. The second kappa shape index (κ2) is 3.49. The molecule has 6 nitrogen and oxygen atoms in total. The molecule has 0 fully saturated rings. The molecule has 0 aliphatic heterocycles. The fourth-order valence-electron chi connectivity index (χ4n) is 1.23. The molecular weight excluding hydrogens is 198 g/mol. The standard InChI is InChI=1S/C9H9N3O3/c10-8-6-3-1-2-4-12(6)11-9(8)15-5-7(13)14/h1-4H,5,10H2,(H,13,14). The number of carboxylic acids is 1. The normalized spacial score (nSPS) is 10.4. The smallest absolute Gasteiger partial charge is 0.341 e. The molecule has 0 spiro atoms. The second-order valence-corrected chi connectivity index (χ2v) is 2.93. The molecule has 78 valence electrons. The van der Waals surface area contributed by atoms with Gasteiger partial charge in [-0.3, -0.25) is 0 Å². The van der Waals surface area contributed by atoms with Gasteiger partial charge < -0.3 is 15.6 Å². The van der Waals surface area contributed by atoms with Gasteiger partial charge in [-0.25, -0.2) is 9.31 Å². The average Bonchev–Trinajstić information content (AvgIpc) is 2.54. The van der Waals surface area contributed by atoms with Crippen molar-refractivity contribution in [2.75, 3.05) is 12.3 Å². The largest absolute Gasteiger partial charge is 0.479 e. The summed E-state index contributed by atoms with van der Waals surface area (Å²) >= 11 is 0. The summed E-state index contributed by atoms with van der Waals surface area (Å²) in [6, 6.07) is 5.38. The fourth-order valence-corrected chi connectivity index (χ4v) is 1.23. The molecule has 3 N–H and O–H groups in total. The number of carbonyl (C=O) groups is 1. The third kappa shape index (κ3) is 1.69. The van der Waals surface area contributed by atoms with Crippen molar-refractivity contribution in [1.29, 1.82) is 0 Å². The van der Waals surface area contributed by atoms with Crippen LogP contribution >= 0.6 is 0 Å². The van der Waals surface area contributed by atoms with Crippen LogP contribution in [0.5, 0.6) is 5.88 Å². The second-order valence-electron chi connectivity index (χ2n) is 2.93. The maximum atomic E-state index is 10.3. The number of nitrogen functional groups attached to an aromatic ring is 1. The van der Waals surface area contributed by atoms with E-state index in [9.17, 15) is 4.79 Å². The topological polar surface area (TPSA) is 89.8 Å². The molecule has 0 saturated heterocycles. The van der Waals surface area contributed by atoms with Crippen molar-refractivity contribution in [3.8, 4) is 5.88 Å². The average molecular weight is 207 g/mol. The van der Waals surface area contributed by atoms with E-state index < -0.39 is 12.6 Å². The predicted octanol–water partition coefficient (Wildman–Crippen LogP) is 0.380. The molecule has 0 atom stereocenters. The minimum Gasteiger partial charge on any atom is -0.479 e. The highest BCUT2D eigenvalue weighted by Gasteiger charge is 2.11. The Morgan fingerprint density at radius 2 is 2.40 bits per heavy atom. The molecule has 0 radical (unpaired) electrons. The van der Waals surface area contributed by atoms with E-state index >= 15 is 0 Å². The summed E-state index contributed by atoms with van der Waals surface area (Å²) in [6.45, 7) is -0.450. The van der Waals surface area contributed by atoms with Crippen LogP contribution in [-0.4, -0.2) is 27.3 Å². The summed E-state index contributed by atoms with van der Waals surface area (Å²) in [7, 11) is 0. The van der Waals surface area contributed by atoms with Gasteiger partial charge in [0.05, 0.1) is 5.52 Å². The summed E-state index contributed by atoms with van der Waals surface area (Å²) < 4.78 is 6.46. The molecule has 0 amide bonds. The molecule has 0 aliphatic rings. The minimum absolute atomic E-state index is 0.142. The number of hydrogen-bond acceptors (Lipinski definition) is 4. The van der Waals surface area contributed by atoms with Gasteiger partial charge >= 0.3 is 5.97 Å². The third-order valence-electron chi connectivity index (χ3n) is 1.88. The molecule has 0 aromatic carbocycles. The number of aromatic nitrogens is 2. The van der Waals surface area contributed by atoms with Crippen LogP contribution < -0.4 is 10.5 Å². The number of nitrogens with zero attached hydrogens (tertiary/aromatic N) is 2. The van der Waals surface area contributed by atoms with Crippen molar-refractivity contribution in [3.05, 3.63) is 24.4 Å². The van der Waals surface area contributed by atoms with Crippen molar-refractivity contribution in [2.45, 2.75) is 0 Å². The monoisotopic (exact) mass is 207 g/mol. The number of anilines is 1. The first-order valence-electron chi connectivity index (χ1n) is 4.26. The van der Waals surface area contributed by atoms with Crippen LogP contribution in [0.1, 0.15) is 0 Å². The molecule has 6 heteroatoms. The van der Waals surface area contributed by atoms with Crippen molar-refractivity contribution < 1.29 is 14.6 Å². The number of aliphatic carboxylic acids is 1. The Hall–Kier alpha value is -2.24. The zero-order valence-electron chi connectivity index (χ0n) is 7.75. The van der Waals surface area contributed by atoms with E-state index in [1.807, 2.05) is 6.07 Å². The van der Waals surface area contributed by atoms with E-state index in [1.54, 1.807) is 18.3 Å².